The second kappa shape index (κ2) is 4.52. The highest BCUT2D eigenvalue weighted by atomic mass is 32.2. The van der Waals surface area contributed by atoms with Crippen molar-refractivity contribution in [2.24, 2.45) is 4.40 Å². The lowest BCUT2D eigenvalue weighted by Crippen LogP contribution is -1.98. The Morgan fingerprint density at radius 1 is 1.44 bits per heavy atom. The minimum atomic E-state index is 1.26. The summed E-state index contributed by atoms with van der Waals surface area (Å²) in [7, 11) is 0. The fourth-order valence-corrected chi connectivity index (χ4v) is 3.51. The average molecular weight is 179 g/mol. The molecule has 0 N–H and O–H groups in total. The van der Waals surface area contributed by atoms with Gasteiger partial charge in [-0.2, -0.15) is 0 Å². The van der Waals surface area contributed by atoms with Crippen LogP contribution in [0.15, 0.2) is 4.40 Å². The largest absolute Gasteiger partial charge is 0.203 e. The highest BCUT2D eigenvalue weighted by Gasteiger charge is 2.06. The molecule has 0 aromatic carbocycles. The maximum atomic E-state index is 4.24. The molecule has 1 rings (SSSR count). The van der Waals surface area contributed by atoms with Gasteiger partial charge in [0.25, 0.3) is 0 Å². The van der Waals surface area contributed by atoms with Crippen molar-refractivity contribution >= 4 is 39.8 Å². The van der Waals surface area contributed by atoms with Crippen LogP contribution in [0.1, 0.15) is 6.42 Å². The Hall–Kier alpha value is 0.720. The summed E-state index contributed by atoms with van der Waals surface area (Å²) in [6, 6.07) is 0. The van der Waals surface area contributed by atoms with E-state index < -0.39 is 0 Å². The van der Waals surface area contributed by atoms with Gasteiger partial charge in [0, 0.05) is 17.8 Å². The highest BCUT2D eigenvalue weighted by molar-refractivity contribution is 8.39. The zero-order chi connectivity index (χ0) is 6.53. The summed E-state index contributed by atoms with van der Waals surface area (Å²) < 4.78 is 5.50. The lowest BCUT2D eigenvalue weighted by molar-refractivity contribution is 1.13. The third-order valence-electron chi connectivity index (χ3n) is 0.906. The van der Waals surface area contributed by atoms with Crippen LogP contribution in [0.4, 0.5) is 0 Å². The van der Waals surface area contributed by atoms with Crippen molar-refractivity contribution < 1.29 is 0 Å². The zero-order valence-electron chi connectivity index (χ0n) is 5.29. The molecule has 1 aliphatic heterocycles. The number of hydrogen-bond acceptors (Lipinski definition) is 4. The van der Waals surface area contributed by atoms with Crippen LogP contribution in [-0.2, 0) is 0 Å². The van der Waals surface area contributed by atoms with Gasteiger partial charge in [-0.05, 0) is 18.4 Å². The van der Waals surface area contributed by atoms with Crippen LogP contribution in [-0.4, -0.2) is 22.1 Å². The van der Waals surface area contributed by atoms with Crippen LogP contribution in [0, 0.1) is 0 Å². The predicted octanol–water partition coefficient (Wildman–Crippen LogP) is 2.49. The maximum Gasteiger partial charge on any atom is 0.138 e. The molecule has 0 aromatic rings. The summed E-state index contributed by atoms with van der Waals surface area (Å²) in [5, 5.41) is 0. The molecular weight excluding hydrogens is 170 g/mol. The van der Waals surface area contributed by atoms with E-state index in [0.717, 1.165) is 0 Å². The summed E-state index contributed by atoms with van der Waals surface area (Å²) >= 11 is 5.31. The molecule has 0 radical (unpaired) electrons. The average Bonchev–Trinajstić information content (AvgIpc) is 1.91. The van der Waals surface area contributed by atoms with Crippen LogP contribution < -0.4 is 0 Å². The lowest BCUT2D eigenvalue weighted by atomic mass is 10.6. The van der Waals surface area contributed by atoms with Gasteiger partial charge in [0.2, 0.25) is 0 Å². The molecule has 0 spiro atoms. The van der Waals surface area contributed by atoms with E-state index in [2.05, 4.69) is 4.40 Å². The fraction of sp³-hybridized carbons (Fsp3) is 0.800. The summed E-state index contributed by atoms with van der Waals surface area (Å²) in [6.07, 6.45) is 3.34. The SMILES string of the molecule is CSN=C1SCCCS1. The molecule has 0 atom stereocenters. The van der Waals surface area contributed by atoms with Crippen LogP contribution in [0.5, 0.6) is 0 Å². The molecule has 0 aromatic heterocycles. The Labute approximate surface area is 68.6 Å². The van der Waals surface area contributed by atoms with Crippen molar-refractivity contribution in [3.8, 4) is 0 Å². The first-order valence-corrected chi connectivity index (χ1v) is 5.95. The first-order valence-electron chi connectivity index (χ1n) is 2.80. The molecule has 1 aliphatic rings. The van der Waals surface area contributed by atoms with Gasteiger partial charge in [0.1, 0.15) is 4.38 Å². The van der Waals surface area contributed by atoms with E-state index in [1.54, 1.807) is 11.9 Å². The minimum absolute atomic E-state index is 1.26. The number of rotatable bonds is 1. The Morgan fingerprint density at radius 3 is 2.67 bits per heavy atom. The van der Waals surface area contributed by atoms with Gasteiger partial charge in [-0.1, -0.05) is 23.5 Å². The monoisotopic (exact) mass is 179 g/mol. The van der Waals surface area contributed by atoms with Crippen molar-refractivity contribution in [3.05, 3.63) is 0 Å². The van der Waals surface area contributed by atoms with Crippen molar-refractivity contribution in [1.29, 1.82) is 0 Å². The van der Waals surface area contributed by atoms with E-state index in [9.17, 15) is 0 Å². The molecule has 1 heterocycles. The summed E-state index contributed by atoms with van der Waals surface area (Å²) in [5.74, 6) is 2.51. The molecule has 0 unspecified atom stereocenters. The zero-order valence-corrected chi connectivity index (χ0v) is 7.74. The minimum Gasteiger partial charge on any atom is -0.203 e. The van der Waals surface area contributed by atoms with E-state index in [-0.39, 0.29) is 0 Å². The first-order chi connectivity index (χ1) is 4.43. The van der Waals surface area contributed by atoms with Crippen molar-refractivity contribution in [1.82, 2.24) is 0 Å². The molecule has 1 saturated heterocycles. The summed E-state index contributed by atoms with van der Waals surface area (Å²) in [6.45, 7) is 0. The number of nitrogens with zero attached hydrogens (tertiary/aromatic N) is 1. The van der Waals surface area contributed by atoms with E-state index in [1.165, 1.54) is 22.3 Å². The van der Waals surface area contributed by atoms with Crippen LogP contribution in [0.3, 0.4) is 0 Å². The molecule has 9 heavy (non-hydrogen) atoms. The second-order valence-corrected chi connectivity index (χ2v) is 4.56. The Kier molecular flexibility index (Phi) is 3.93. The van der Waals surface area contributed by atoms with Gasteiger partial charge in [-0.3, -0.25) is 0 Å². The van der Waals surface area contributed by atoms with Gasteiger partial charge >= 0.3 is 0 Å². The normalized spacial score (nSPS) is 19.9. The topological polar surface area (TPSA) is 12.4 Å². The Balaban J connectivity index is 2.30. The van der Waals surface area contributed by atoms with Gasteiger partial charge in [0.05, 0.1) is 0 Å². The molecule has 0 aliphatic carbocycles. The molecule has 1 fully saturated rings. The second-order valence-electron chi connectivity index (χ2n) is 1.59. The van der Waals surface area contributed by atoms with Crippen molar-refractivity contribution in [2.75, 3.05) is 17.8 Å². The number of hydrogen-bond donors (Lipinski definition) is 0. The third-order valence-corrected chi connectivity index (χ3v) is 3.87. The van der Waals surface area contributed by atoms with E-state index in [0.29, 0.717) is 0 Å². The Bertz CT molecular complexity index is 105. The summed E-state index contributed by atoms with van der Waals surface area (Å²) in [5.41, 5.74) is 0. The van der Waals surface area contributed by atoms with Crippen molar-refractivity contribution in [3.63, 3.8) is 0 Å². The Morgan fingerprint density at radius 2 is 2.11 bits per heavy atom. The molecule has 4 heteroatoms. The van der Waals surface area contributed by atoms with Crippen LogP contribution in [0.2, 0.25) is 0 Å². The first kappa shape index (κ1) is 7.82. The highest BCUT2D eigenvalue weighted by Crippen LogP contribution is 2.26. The third kappa shape index (κ3) is 2.87. The molecule has 0 saturated carbocycles. The predicted molar refractivity (Wildman–Crippen MR) is 50.5 cm³/mol. The van der Waals surface area contributed by atoms with E-state index in [1.807, 2.05) is 29.8 Å². The molecular formula is C5H9NS3. The van der Waals surface area contributed by atoms with Crippen LogP contribution in [0.25, 0.3) is 0 Å². The van der Waals surface area contributed by atoms with Crippen LogP contribution >= 0.6 is 35.5 Å². The molecule has 1 nitrogen and oxygen atoms in total. The maximum absolute atomic E-state index is 4.24. The standard InChI is InChI=1S/C5H9NS3/c1-7-6-5-8-3-2-4-9-5/h2-4H2,1H3. The summed E-state index contributed by atoms with van der Waals surface area (Å²) in [4.78, 5) is 0. The van der Waals surface area contributed by atoms with Crippen molar-refractivity contribution in [2.45, 2.75) is 6.42 Å². The molecule has 0 amide bonds. The quantitative estimate of drug-likeness (QED) is 0.574. The van der Waals surface area contributed by atoms with E-state index in [4.69, 9.17) is 0 Å². The fourth-order valence-electron chi connectivity index (χ4n) is 0.547. The van der Waals surface area contributed by atoms with Gasteiger partial charge < -0.3 is 0 Å². The molecule has 0 bridgehead atoms. The van der Waals surface area contributed by atoms with Gasteiger partial charge in [-0.25, -0.2) is 4.40 Å². The van der Waals surface area contributed by atoms with Gasteiger partial charge in [-0.15, -0.1) is 0 Å². The lowest BCUT2D eigenvalue weighted by Gasteiger charge is -2.09. The number of thioether (sulfide) groups is 2. The molecule has 52 valence electrons. The smallest absolute Gasteiger partial charge is 0.138 e. The van der Waals surface area contributed by atoms with E-state index >= 15 is 0 Å². The van der Waals surface area contributed by atoms with Gasteiger partial charge in [0.15, 0.2) is 0 Å².